The van der Waals surface area contributed by atoms with Gasteiger partial charge in [-0.2, -0.15) is 0 Å². The standard InChI is InChI=1S/C15H20N2O2S/c1-12-17-10-15(20-12)11-19-14-5-3-13(4-6-14)9-16-7-8-18-2/h3-6,10,16H,7-9,11H2,1-2H3. The highest BCUT2D eigenvalue weighted by molar-refractivity contribution is 7.11. The molecule has 0 aliphatic heterocycles. The van der Waals surface area contributed by atoms with E-state index in [-0.39, 0.29) is 0 Å². The molecule has 5 heteroatoms. The number of aromatic nitrogens is 1. The smallest absolute Gasteiger partial charge is 0.124 e. The first-order valence-corrected chi connectivity index (χ1v) is 7.42. The molecule has 0 aliphatic carbocycles. The summed E-state index contributed by atoms with van der Waals surface area (Å²) in [6, 6.07) is 8.16. The van der Waals surface area contributed by atoms with Crippen molar-refractivity contribution < 1.29 is 9.47 Å². The molecule has 1 heterocycles. The lowest BCUT2D eigenvalue weighted by Gasteiger charge is -2.07. The minimum absolute atomic E-state index is 0.580. The molecule has 0 unspecified atom stereocenters. The van der Waals surface area contributed by atoms with Crippen molar-refractivity contribution in [1.82, 2.24) is 10.3 Å². The third-order valence-electron chi connectivity index (χ3n) is 2.79. The van der Waals surface area contributed by atoms with Crippen LogP contribution in [-0.2, 0) is 17.9 Å². The molecule has 0 aliphatic rings. The molecule has 0 radical (unpaired) electrons. The van der Waals surface area contributed by atoms with Gasteiger partial charge in [-0.3, -0.25) is 0 Å². The molecule has 1 aromatic carbocycles. The minimum atomic E-state index is 0.580. The van der Waals surface area contributed by atoms with E-state index < -0.39 is 0 Å². The van der Waals surface area contributed by atoms with Crippen LogP contribution < -0.4 is 10.1 Å². The molecular formula is C15H20N2O2S. The largest absolute Gasteiger partial charge is 0.488 e. The first-order valence-electron chi connectivity index (χ1n) is 6.60. The lowest BCUT2D eigenvalue weighted by molar-refractivity contribution is 0.199. The maximum Gasteiger partial charge on any atom is 0.124 e. The van der Waals surface area contributed by atoms with Gasteiger partial charge in [0.1, 0.15) is 12.4 Å². The fourth-order valence-electron chi connectivity index (χ4n) is 1.74. The number of methoxy groups -OCH3 is 1. The van der Waals surface area contributed by atoms with E-state index in [0.29, 0.717) is 6.61 Å². The molecule has 1 aromatic heterocycles. The quantitative estimate of drug-likeness (QED) is 0.760. The van der Waals surface area contributed by atoms with Crippen molar-refractivity contribution in [3.63, 3.8) is 0 Å². The number of aryl methyl sites for hydroxylation is 1. The predicted octanol–water partition coefficient (Wildman–Crippen LogP) is 2.77. The number of nitrogens with zero attached hydrogens (tertiary/aromatic N) is 1. The van der Waals surface area contributed by atoms with Crippen LogP contribution in [0.25, 0.3) is 0 Å². The summed E-state index contributed by atoms with van der Waals surface area (Å²) in [6.45, 7) is 5.02. The van der Waals surface area contributed by atoms with Gasteiger partial charge in [0.05, 0.1) is 16.5 Å². The first kappa shape index (κ1) is 15.0. The van der Waals surface area contributed by atoms with Gasteiger partial charge in [0.2, 0.25) is 0 Å². The molecule has 0 saturated carbocycles. The van der Waals surface area contributed by atoms with Crippen LogP contribution in [0.5, 0.6) is 5.75 Å². The zero-order valence-electron chi connectivity index (χ0n) is 11.9. The van der Waals surface area contributed by atoms with Gasteiger partial charge in [0.25, 0.3) is 0 Å². The average Bonchev–Trinajstić information content (AvgIpc) is 2.88. The Kier molecular flexibility index (Phi) is 5.98. The molecule has 4 nitrogen and oxygen atoms in total. The Morgan fingerprint density at radius 3 is 2.70 bits per heavy atom. The minimum Gasteiger partial charge on any atom is -0.488 e. The summed E-state index contributed by atoms with van der Waals surface area (Å²) < 4.78 is 10.7. The molecule has 0 saturated heterocycles. The van der Waals surface area contributed by atoms with Gasteiger partial charge in [-0.25, -0.2) is 4.98 Å². The summed E-state index contributed by atoms with van der Waals surface area (Å²) in [6.07, 6.45) is 1.87. The van der Waals surface area contributed by atoms with Gasteiger partial charge in [0.15, 0.2) is 0 Å². The molecule has 2 aromatic rings. The Labute approximate surface area is 123 Å². The molecule has 0 amide bonds. The van der Waals surface area contributed by atoms with Crippen LogP contribution >= 0.6 is 11.3 Å². The van der Waals surface area contributed by atoms with Gasteiger partial charge in [-0.1, -0.05) is 12.1 Å². The Bertz CT molecular complexity index is 511. The Morgan fingerprint density at radius 1 is 1.25 bits per heavy atom. The average molecular weight is 292 g/mol. The second-order valence-electron chi connectivity index (χ2n) is 4.45. The van der Waals surface area contributed by atoms with Crippen molar-refractivity contribution in [3.8, 4) is 5.75 Å². The third kappa shape index (κ3) is 4.92. The highest BCUT2D eigenvalue weighted by Crippen LogP contribution is 2.17. The van der Waals surface area contributed by atoms with Gasteiger partial charge < -0.3 is 14.8 Å². The number of thiazole rings is 1. The third-order valence-corrected chi connectivity index (χ3v) is 3.67. The molecule has 0 atom stereocenters. The van der Waals surface area contributed by atoms with Gasteiger partial charge in [0, 0.05) is 26.4 Å². The maximum absolute atomic E-state index is 5.73. The van der Waals surface area contributed by atoms with Gasteiger partial charge in [-0.05, 0) is 24.6 Å². The van der Waals surface area contributed by atoms with E-state index in [0.717, 1.165) is 35.3 Å². The number of nitrogens with one attached hydrogen (secondary N) is 1. The van der Waals surface area contributed by atoms with Crippen molar-refractivity contribution in [2.24, 2.45) is 0 Å². The summed E-state index contributed by atoms with van der Waals surface area (Å²) in [4.78, 5) is 5.36. The van der Waals surface area contributed by atoms with Crippen molar-refractivity contribution >= 4 is 11.3 Å². The maximum atomic E-state index is 5.73. The van der Waals surface area contributed by atoms with Gasteiger partial charge >= 0.3 is 0 Å². The summed E-state index contributed by atoms with van der Waals surface area (Å²) in [5.41, 5.74) is 1.24. The lowest BCUT2D eigenvalue weighted by atomic mass is 10.2. The second kappa shape index (κ2) is 7.99. The van der Waals surface area contributed by atoms with Crippen LogP contribution in [0.1, 0.15) is 15.4 Å². The van der Waals surface area contributed by atoms with Crippen LogP contribution in [0.2, 0.25) is 0 Å². The number of ether oxygens (including phenoxy) is 2. The van der Waals surface area contributed by atoms with E-state index in [1.165, 1.54) is 5.56 Å². The molecule has 20 heavy (non-hydrogen) atoms. The van der Waals surface area contributed by atoms with Crippen LogP contribution in [0.3, 0.4) is 0 Å². The summed E-state index contributed by atoms with van der Waals surface area (Å²) in [5.74, 6) is 0.886. The van der Waals surface area contributed by atoms with Crippen LogP contribution in [0, 0.1) is 6.92 Å². The van der Waals surface area contributed by atoms with Crippen molar-refractivity contribution in [3.05, 3.63) is 45.9 Å². The Hall–Kier alpha value is -1.43. The topological polar surface area (TPSA) is 43.4 Å². The molecule has 2 rings (SSSR count). The van der Waals surface area contributed by atoms with E-state index >= 15 is 0 Å². The monoisotopic (exact) mass is 292 g/mol. The number of hydrogen-bond acceptors (Lipinski definition) is 5. The van der Waals surface area contributed by atoms with E-state index in [4.69, 9.17) is 9.47 Å². The van der Waals surface area contributed by atoms with E-state index in [1.54, 1.807) is 18.4 Å². The molecule has 108 valence electrons. The van der Waals surface area contributed by atoms with Crippen molar-refractivity contribution in [2.45, 2.75) is 20.1 Å². The molecule has 0 spiro atoms. The van der Waals surface area contributed by atoms with Crippen LogP contribution in [0.4, 0.5) is 0 Å². The molecule has 1 N–H and O–H groups in total. The molecule has 0 bridgehead atoms. The summed E-state index contributed by atoms with van der Waals surface area (Å²) in [5, 5.41) is 4.38. The van der Waals surface area contributed by atoms with Gasteiger partial charge in [-0.15, -0.1) is 11.3 Å². The molecular weight excluding hydrogens is 272 g/mol. The zero-order valence-corrected chi connectivity index (χ0v) is 12.7. The number of rotatable bonds is 8. The highest BCUT2D eigenvalue weighted by Gasteiger charge is 2.00. The Balaban J connectivity index is 1.76. The van der Waals surface area contributed by atoms with Crippen molar-refractivity contribution in [2.75, 3.05) is 20.3 Å². The second-order valence-corrected chi connectivity index (χ2v) is 5.77. The summed E-state index contributed by atoms with van der Waals surface area (Å²) in [7, 11) is 1.71. The SMILES string of the molecule is COCCNCc1ccc(OCc2cnc(C)s2)cc1. The van der Waals surface area contributed by atoms with Crippen LogP contribution in [0.15, 0.2) is 30.5 Å². The zero-order chi connectivity index (χ0) is 14.2. The van der Waals surface area contributed by atoms with E-state index in [1.807, 2.05) is 25.3 Å². The fourth-order valence-corrected chi connectivity index (χ4v) is 2.45. The normalized spacial score (nSPS) is 10.7. The first-order chi connectivity index (χ1) is 9.78. The van der Waals surface area contributed by atoms with E-state index in [2.05, 4.69) is 22.4 Å². The predicted molar refractivity (Wildman–Crippen MR) is 81.2 cm³/mol. The lowest BCUT2D eigenvalue weighted by Crippen LogP contribution is -2.18. The number of benzene rings is 1. The molecule has 0 fully saturated rings. The number of hydrogen-bond donors (Lipinski definition) is 1. The van der Waals surface area contributed by atoms with Crippen LogP contribution in [-0.4, -0.2) is 25.2 Å². The summed E-state index contributed by atoms with van der Waals surface area (Å²) >= 11 is 1.67. The van der Waals surface area contributed by atoms with E-state index in [9.17, 15) is 0 Å². The highest BCUT2D eigenvalue weighted by atomic mass is 32.1. The van der Waals surface area contributed by atoms with Crippen molar-refractivity contribution in [1.29, 1.82) is 0 Å². The fraction of sp³-hybridized carbons (Fsp3) is 0.400. The Morgan fingerprint density at radius 2 is 2.05 bits per heavy atom.